The topological polar surface area (TPSA) is 122 Å². The SMILES string of the molecule is Cc1c(N2Cc3ccccc3[C@@H]2COc2cncc(C(=O)N3CCn4c(nnc4C(F)(F)F)C3)c2)cn[nH]c1=O. The van der Waals surface area contributed by atoms with Gasteiger partial charge in [0.1, 0.15) is 12.4 Å². The van der Waals surface area contributed by atoms with Gasteiger partial charge in [-0.3, -0.25) is 14.6 Å². The lowest BCUT2D eigenvalue weighted by Crippen LogP contribution is -2.39. The van der Waals surface area contributed by atoms with Gasteiger partial charge in [-0.15, -0.1) is 10.2 Å². The first kappa shape index (κ1) is 25.5. The van der Waals surface area contributed by atoms with E-state index in [1.165, 1.54) is 17.3 Å². The molecule has 1 aromatic carbocycles. The Morgan fingerprint density at radius 3 is 2.77 bits per heavy atom. The van der Waals surface area contributed by atoms with E-state index in [0.29, 0.717) is 23.5 Å². The van der Waals surface area contributed by atoms with Crippen LogP contribution in [0.5, 0.6) is 5.75 Å². The Morgan fingerprint density at radius 1 is 1.12 bits per heavy atom. The van der Waals surface area contributed by atoms with Crippen molar-refractivity contribution >= 4 is 11.6 Å². The third-order valence-electron chi connectivity index (χ3n) is 7.18. The fraction of sp³-hybridized carbons (Fsp3) is 0.308. The number of benzene rings is 1. The number of hydrogen-bond acceptors (Lipinski definition) is 8. The molecule has 40 heavy (non-hydrogen) atoms. The van der Waals surface area contributed by atoms with E-state index >= 15 is 0 Å². The summed E-state index contributed by atoms with van der Waals surface area (Å²) >= 11 is 0. The van der Waals surface area contributed by atoms with Crippen LogP contribution in [0.4, 0.5) is 18.9 Å². The van der Waals surface area contributed by atoms with Crippen LogP contribution in [0.15, 0.2) is 53.7 Å². The molecule has 2 aliphatic rings. The van der Waals surface area contributed by atoms with Crippen molar-refractivity contribution in [3.05, 3.63) is 93.2 Å². The summed E-state index contributed by atoms with van der Waals surface area (Å²) < 4.78 is 46.6. The van der Waals surface area contributed by atoms with Gasteiger partial charge in [0.15, 0.2) is 5.82 Å². The molecule has 1 amide bonds. The molecule has 2 aliphatic heterocycles. The van der Waals surface area contributed by atoms with E-state index in [2.05, 4.69) is 30.3 Å². The Balaban J connectivity index is 1.19. The van der Waals surface area contributed by atoms with Crippen molar-refractivity contribution in [3.63, 3.8) is 0 Å². The lowest BCUT2D eigenvalue weighted by molar-refractivity contribution is -0.147. The normalized spacial score (nSPS) is 16.6. The molecule has 6 rings (SSSR count). The van der Waals surface area contributed by atoms with E-state index in [-0.39, 0.29) is 49.2 Å². The summed E-state index contributed by atoms with van der Waals surface area (Å²) in [6.45, 7) is 2.40. The molecule has 0 aliphatic carbocycles. The molecule has 0 unspecified atom stereocenters. The van der Waals surface area contributed by atoms with Gasteiger partial charge in [0.25, 0.3) is 11.5 Å². The quantitative estimate of drug-likeness (QED) is 0.401. The first-order chi connectivity index (χ1) is 19.2. The number of halogens is 3. The number of ether oxygens (including phenoxy) is 1. The molecule has 5 heterocycles. The minimum absolute atomic E-state index is 0.0649. The summed E-state index contributed by atoms with van der Waals surface area (Å²) in [5.41, 5.74) is 3.36. The van der Waals surface area contributed by atoms with Crippen LogP contribution < -0.4 is 15.2 Å². The maximum atomic E-state index is 13.2. The fourth-order valence-corrected chi connectivity index (χ4v) is 5.15. The van der Waals surface area contributed by atoms with E-state index < -0.39 is 17.9 Å². The number of nitrogens with one attached hydrogen (secondary N) is 1. The molecule has 1 N–H and O–H groups in total. The summed E-state index contributed by atoms with van der Waals surface area (Å²) in [7, 11) is 0. The molecular formula is C26H23F3N8O3. The minimum atomic E-state index is -4.62. The molecule has 1 atom stereocenters. The first-order valence-electron chi connectivity index (χ1n) is 12.5. The number of carbonyl (C=O) groups excluding carboxylic acids is 1. The maximum absolute atomic E-state index is 13.2. The molecule has 0 fully saturated rings. The predicted octanol–water partition coefficient (Wildman–Crippen LogP) is 2.88. The Morgan fingerprint density at radius 2 is 1.95 bits per heavy atom. The van der Waals surface area contributed by atoms with Crippen LogP contribution in [0, 0.1) is 6.92 Å². The Bertz CT molecular complexity index is 1650. The molecule has 0 radical (unpaired) electrons. The molecular weight excluding hydrogens is 529 g/mol. The first-order valence-corrected chi connectivity index (χ1v) is 12.5. The molecule has 0 spiro atoms. The van der Waals surface area contributed by atoms with E-state index in [9.17, 15) is 22.8 Å². The van der Waals surface area contributed by atoms with Crippen LogP contribution in [0.3, 0.4) is 0 Å². The van der Waals surface area contributed by atoms with Crippen molar-refractivity contribution in [1.29, 1.82) is 0 Å². The van der Waals surface area contributed by atoms with Crippen molar-refractivity contribution in [2.45, 2.75) is 38.8 Å². The number of aromatic nitrogens is 6. The van der Waals surface area contributed by atoms with Gasteiger partial charge in [0, 0.05) is 31.4 Å². The van der Waals surface area contributed by atoms with Crippen molar-refractivity contribution in [3.8, 4) is 5.75 Å². The van der Waals surface area contributed by atoms with E-state index in [1.54, 1.807) is 19.2 Å². The molecule has 0 saturated heterocycles. The van der Waals surface area contributed by atoms with E-state index in [1.807, 2.05) is 24.3 Å². The van der Waals surface area contributed by atoms with Crippen molar-refractivity contribution in [2.24, 2.45) is 0 Å². The highest BCUT2D eigenvalue weighted by molar-refractivity contribution is 5.94. The monoisotopic (exact) mass is 552 g/mol. The number of alkyl halides is 3. The largest absolute Gasteiger partial charge is 0.489 e. The van der Waals surface area contributed by atoms with Crippen molar-refractivity contribution < 1.29 is 22.7 Å². The highest BCUT2D eigenvalue weighted by Gasteiger charge is 2.40. The smallest absolute Gasteiger partial charge is 0.451 e. The molecule has 0 saturated carbocycles. The zero-order valence-corrected chi connectivity index (χ0v) is 21.2. The summed E-state index contributed by atoms with van der Waals surface area (Å²) in [6.07, 6.45) is -0.121. The van der Waals surface area contributed by atoms with E-state index in [0.717, 1.165) is 15.7 Å². The number of hydrogen-bond donors (Lipinski definition) is 1. The van der Waals surface area contributed by atoms with E-state index in [4.69, 9.17) is 4.74 Å². The third kappa shape index (κ3) is 4.54. The highest BCUT2D eigenvalue weighted by Crippen LogP contribution is 2.38. The van der Waals surface area contributed by atoms with Gasteiger partial charge in [0.2, 0.25) is 5.82 Å². The van der Waals surface area contributed by atoms with Gasteiger partial charge in [-0.05, 0) is 24.1 Å². The second-order valence-electron chi connectivity index (χ2n) is 9.59. The van der Waals surface area contributed by atoms with Gasteiger partial charge in [0.05, 0.1) is 36.2 Å². The van der Waals surface area contributed by atoms with Gasteiger partial charge < -0.3 is 19.1 Å². The average molecular weight is 553 g/mol. The Kier molecular flexibility index (Phi) is 6.24. The number of H-pyrrole nitrogens is 1. The molecule has 11 nitrogen and oxygen atoms in total. The molecule has 14 heteroatoms. The number of anilines is 1. The zero-order chi connectivity index (χ0) is 28.0. The Hall–Kier alpha value is -4.75. The van der Waals surface area contributed by atoms with Crippen LogP contribution in [-0.4, -0.2) is 53.9 Å². The Labute approximate surface area is 225 Å². The molecule has 0 bridgehead atoms. The van der Waals surface area contributed by atoms with Crippen molar-refractivity contribution in [2.75, 3.05) is 18.1 Å². The zero-order valence-electron chi connectivity index (χ0n) is 21.2. The minimum Gasteiger partial charge on any atom is -0.489 e. The summed E-state index contributed by atoms with van der Waals surface area (Å²) in [6, 6.07) is 9.26. The van der Waals surface area contributed by atoms with Gasteiger partial charge in [-0.1, -0.05) is 24.3 Å². The van der Waals surface area contributed by atoms with Crippen LogP contribution in [0.25, 0.3) is 0 Å². The van der Waals surface area contributed by atoms with Crippen LogP contribution in [0.1, 0.15) is 44.7 Å². The maximum Gasteiger partial charge on any atom is 0.451 e. The lowest BCUT2D eigenvalue weighted by atomic mass is 10.1. The second-order valence-corrected chi connectivity index (χ2v) is 9.59. The average Bonchev–Trinajstić information content (AvgIpc) is 3.54. The van der Waals surface area contributed by atoms with Crippen LogP contribution in [-0.2, 0) is 25.8 Å². The number of carbonyl (C=O) groups is 1. The number of rotatable bonds is 5. The van der Waals surface area contributed by atoms with Gasteiger partial charge in [-0.2, -0.15) is 18.3 Å². The third-order valence-corrected chi connectivity index (χ3v) is 7.18. The van der Waals surface area contributed by atoms with Gasteiger partial charge in [-0.25, -0.2) is 5.10 Å². The predicted molar refractivity (Wildman–Crippen MR) is 134 cm³/mol. The number of fused-ring (bicyclic) bond motifs is 2. The van der Waals surface area contributed by atoms with Crippen LogP contribution in [0.2, 0.25) is 0 Å². The fourth-order valence-electron chi connectivity index (χ4n) is 5.15. The molecule has 4 aromatic rings. The standard InChI is InChI=1S/C26H23F3N8O3/c1-15-20(11-31-33-23(15)38)37-12-16-4-2-3-5-19(16)21(37)14-40-18-8-17(9-30-10-18)24(39)35-6-7-36-22(13-35)32-34-25(36)26(27,28)29/h2-5,8-11,21H,6-7,12-14H2,1H3,(H,33,38)/t21-/m0/s1. The highest BCUT2D eigenvalue weighted by atomic mass is 19.4. The number of nitrogens with zero attached hydrogens (tertiary/aromatic N) is 7. The number of amides is 1. The second kappa shape index (κ2) is 9.77. The van der Waals surface area contributed by atoms with Crippen LogP contribution >= 0.6 is 0 Å². The summed E-state index contributed by atoms with van der Waals surface area (Å²) in [5.74, 6) is -1.05. The number of pyridine rings is 1. The molecule has 206 valence electrons. The molecule has 3 aromatic heterocycles. The lowest BCUT2D eigenvalue weighted by Gasteiger charge is -2.28. The van der Waals surface area contributed by atoms with Gasteiger partial charge >= 0.3 is 6.18 Å². The number of aromatic amines is 1. The summed E-state index contributed by atoms with van der Waals surface area (Å²) in [5, 5.41) is 13.3. The summed E-state index contributed by atoms with van der Waals surface area (Å²) in [4.78, 5) is 33.0. The van der Waals surface area contributed by atoms with Crippen molar-refractivity contribution in [1.82, 2.24) is 34.8 Å².